The van der Waals surface area contributed by atoms with Crippen LogP contribution in [0.4, 0.5) is 0 Å². The van der Waals surface area contributed by atoms with Crippen molar-refractivity contribution in [3.63, 3.8) is 0 Å². The predicted molar refractivity (Wildman–Crippen MR) is 95.4 cm³/mol. The van der Waals surface area contributed by atoms with Gasteiger partial charge in [-0.3, -0.25) is 9.69 Å². The second-order valence-corrected chi connectivity index (χ2v) is 7.12. The molecule has 1 saturated heterocycles. The number of benzene rings is 1. The SMILES string of the molecule is N#Cc1ccc(CN2CCCN(C(=O)c3cc(C4CC4)on3)CC2)cc1. The van der Waals surface area contributed by atoms with Crippen molar-refractivity contribution in [2.24, 2.45) is 0 Å². The Hall–Kier alpha value is -2.65. The third kappa shape index (κ3) is 3.78. The molecule has 2 fully saturated rings. The van der Waals surface area contributed by atoms with Crippen LogP contribution in [0.3, 0.4) is 0 Å². The minimum absolute atomic E-state index is 0.0270. The first-order valence-electron chi connectivity index (χ1n) is 9.20. The normalized spacial score (nSPS) is 18.3. The van der Waals surface area contributed by atoms with Gasteiger partial charge in [0.25, 0.3) is 5.91 Å². The van der Waals surface area contributed by atoms with Crippen molar-refractivity contribution in [3.05, 3.63) is 52.9 Å². The number of carbonyl (C=O) groups excluding carboxylic acids is 1. The molecule has 2 aromatic rings. The van der Waals surface area contributed by atoms with Crippen LogP contribution in [0.25, 0.3) is 0 Å². The van der Waals surface area contributed by atoms with E-state index in [-0.39, 0.29) is 5.91 Å². The van der Waals surface area contributed by atoms with Crippen molar-refractivity contribution in [1.82, 2.24) is 15.0 Å². The van der Waals surface area contributed by atoms with Crippen molar-refractivity contribution in [2.75, 3.05) is 26.2 Å². The second kappa shape index (κ2) is 7.30. The molecule has 1 amide bonds. The molecule has 1 aliphatic heterocycles. The van der Waals surface area contributed by atoms with Crippen LogP contribution in [0.15, 0.2) is 34.9 Å². The molecule has 0 bridgehead atoms. The number of nitriles is 1. The highest BCUT2D eigenvalue weighted by Gasteiger charge is 2.30. The minimum atomic E-state index is -0.0270. The van der Waals surface area contributed by atoms with Gasteiger partial charge in [0.05, 0.1) is 11.6 Å². The average Bonchev–Trinajstić information content (AvgIpc) is 3.45. The molecule has 1 aromatic carbocycles. The van der Waals surface area contributed by atoms with Crippen LogP contribution in [-0.4, -0.2) is 47.0 Å². The monoisotopic (exact) mass is 350 g/mol. The molecule has 1 saturated carbocycles. The molecule has 6 heteroatoms. The summed E-state index contributed by atoms with van der Waals surface area (Å²) in [5.74, 6) is 1.29. The number of aromatic nitrogens is 1. The van der Waals surface area contributed by atoms with Crippen LogP contribution in [0, 0.1) is 11.3 Å². The molecule has 0 spiro atoms. The highest BCUT2D eigenvalue weighted by molar-refractivity contribution is 5.92. The van der Waals surface area contributed by atoms with E-state index in [0.717, 1.165) is 51.2 Å². The summed E-state index contributed by atoms with van der Waals surface area (Å²) in [6, 6.07) is 11.7. The molecule has 2 heterocycles. The van der Waals surface area contributed by atoms with E-state index in [0.29, 0.717) is 23.7 Å². The van der Waals surface area contributed by atoms with Crippen molar-refractivity contribution < 1.29 is 9.32 Å². The summed E-state index contributed by atoms with van der Waals surface area (Å²) in [5.41, 5.74) is 2.31. The Kier molecular flexibility index (Phi) is 4.72. The van der Waals surface area contributed by atoms with Gasteiger partial charge in [-0.2, -0.15) is 5.26 Å². The maximum absolute atomic E-state index is 12.7. The Bertz CT molecular complexity index is 817. The molecule has 1 aromatic heterocycles. The number of amides is 1. The Labute approximate surface area is 153 Å². The lowest BCUT2D eigenvalue weighted by atomic mass is 10.1. The molecule has 26 heavy (non-hydrogen) atoms. The standard InChI is InChI=1S/C20H22N4O2/c21-13-15-2-4-16(5-3-15)14-23-8-1-9-24(11-10-23)20(25)18-12-19(26-22-18)17-6-7-17/h2-5,12,17H,1,6-11,14H2. The van der Waals surface area contributed by atoms with Crippen LogP contribution in [0.5, 0.6) is 0 Å². The number of rotatable bonds is 4. The van der Waals surface area contributed by atoms with Gasteiger partial charge in [0, 0.05) is 44.7 Å². The molecule has 0 N–H and O–H groups in total. The van der Waals surface area contributed by atoms with Crippen molar-refractivity contribution in [2.45, 2.75) is 31.7 Å². The second-order valence-electron chi connectivity index (χ2n) is 7.12. The maximum atomic E-state index is 12.7. The van der Waals surface area contributed by atoms with Crippen molar-refractivity contribution >= 4 is 5.91 Å². The topological polar surface area (TPSA) is 73.4 Å². The molecule has 0 unspecified atom stereocenters. The van der Waals surface area contributed by atoms with E-state index in [1.807, 2.05) is 35.2 Å². The maximum Gasteiger partial charge on any atom is 0.276 e. The lowest BCUT2D eigenvalue weighted by Gasteiger charge is -2.21. The summed E-state index contributed by atoms with van der Waals surface area (Å²) in [6.45, 7) is 4.06. The highest BCUT2D eigenvalue weighted by Crippen LogP contribution is 2.40. The quantitative estimate of drug-likeness (QED) is 0.848. The molecule has 2 aliphatic rings. The summed E-state index contributed by atoms with van der Waals surface area (Å²) >= 11 is 0. The largest absolute Gasteiger partial charge is 0.360 e. The summed E-state index contributed by atoms with van der Waals surface area (Å²) in [5, 5.41) is 12.9. The Balaban J connectivity index is 1.34. The predicted octanol–water partition coefficient (Wildman–Crippen LogP) is 2.77. The van der Waals surface area contributed by atoms with Crippen molar-refractivity contribution in [1.29, 1.82) is 5.26 Å². The fourth-order valence-corrected chi connectivity index (χ4v) is 3.39. The van der Waals surface area contributed by atoms with Gasteiger partial charge < -0.3 is 9.42 Å². The van der Waals surface area contributed by atoms with Crippen LogP contribution in [-0.2, 0) is 6.54 Å². The zero-order valence-corrected chi connectivity index (χ0v) is 14.7. The number of nitrogens with zero attached hydrogens (tertiary/aromatic N) is 4. The fraction of sp³-hybridized carbons (Fsp3) is 0.450. The summed E-state index contributed by atoms with van der Waals surface area (Å²) in [7, 11) is 0. The molecule has 0 radical (unpaired) electrons. The van der Waals surface area contributed by atoms with Gasteiger partial charge in [-0.1, -0.05) is 17.3 Å². The molecule has 1 aliphatic carbocycles. The van der Waals surface area contributed by atoms with E-state index in [4.69, 9.17) is 9.78 Å². The third-order valence-corrected chi connectivity index (χ3v) is 5.09. The first-order chi connectivity index (χ1) is 12.7. The van der Waals surface area contributed by atoms with Crippen LogP contribution in [0.2, 0.25) is 0 Å². The van der Waals surface area contributed by atoms with Gasteiger partial charge in [0.1, 0.15) is 5.76 Å². The molecule has 6 nitrogen and oxygen atoms in total. The van der Waals surface area contributed by atoms with E-state index < -0.39 is 0 Å². The molecule has 134 valence electrons. The minimum Gasteiger partial charge on any atom is -0.360 e. The fourth-order valence-electron chi connectivity index (χ4n) is 3.39. The molecule has 0 atom stereocenters. The lowest BCUT2D eigenvalue weighted by Crippen LogP contribution is -2.35. The van der Waals surface area contributed by atoms with Gasteiger partial charge in [-0.25, -0.2) is 0 Å². The number of hydrogen-bond donors (Lipinski definition) is 0. The van der Waals surface area contributed by atoms with Gasteiger partial charge in [0.2, 0.25) is 0 Å². The summed E-state index contributed by atoms with van der Waals surface area (Å²) in [6.07, 6.45) is 3.21. The van der Waals surface area contributed by atoms with Gasteiger partial charge in [0.15, 0.2) is 5.69 Å². The smallest absolute Gasteiger partial charge is 0.276 e. The molecular weight excluding hydrogens is 328 g/mol. The van der Waals surface area contributed by atoms with Gasteiger partial charge in [-0.05, 0) is 37.0 Å². The lowest BCUT2D eigenvalue weighted by molar-refractivity contribution is 0.0750. The summed E-state index contributed by atoms with van der Waals surface area (Å²) in [4.78, 5) is 16.9. The Morgan fingerprint density at radius 2 is 2.00 bits per heavy atom. The van der Waals surface area contributed by atoms with E-state index in [2.05, 4.69) is 16.1 Å². The van der Waals surface area contributed by atoms with Crippen LogP contribution < -0.4 is 0 Å². The third-order valence-electron chi connectivity index (χ3n) is 5.09. The van der Waals surface area contributed by atoms with E-state index in [1.54, 1.807) is 0 Å². The van der Waals surface area contributed by atoms with Gasteiger partial charge >= 0.3 is 0 Å². The van der Waals surface area contributed by atoms with E-state index in [9.17, 15) is 4.79 Å². The van der Waals surface area contributed by atoms with Crippen LogP contribution >= 0.6 is 0 Å². The molecule has 4 rings (SSSR count). The van der Waals surface area contributed by atoms with E-state index in [1.165, 1.54) is 5.56 Å². The number of carbonyl (C=O) groups is 1. The average molecular weight is 350 g/mol. The highest BCUT2D eigenvalue weighted by atomic mass is 16.5. The Morgan fingerprint density at radius 1 is 1.19 bits per heavy atom. The first kappa shape index (κ1) is 16.8. The first-order valence-corrected chi connectivity index (χ1v) is 9.20. The van der Waals surface area contributed by atoms with Gasteiger partial charge in [-0.15, -0.1) is 0 Å². The van der Waals surface area contributed by atoms with Crippen molar-refractivity contribution in [3.8, 4) is 6.07 Å². The number of hydrogen-bond acceptors (Lipinski definition) is 5. The van der Waals surface area contributed by atoms with Crippen LogP contribution in [0.1, 0.15) is 52.6 Å². The Morgan fingerprint density at radius 3 is 2.73 bits per heavy atom. The van der Waals surface area contributed by atoms with E-state index >= 15 is 0 Å². The zero-order valence-electron chi connectivity index (χ0n) is 14.7. The summed E-state index contributed by atoms with van der Waals surface area (Å²) < 4.78 is 5.32. The zero-order chi connectivity index (χ0) is 17.9. The molecular formula is C20H22N4O2.